The summed E-state index contributed by atoms with van der Waals surface area (Å²) < 4.78 is 3.37. The summed E-state index contributed by atoms with van der Waals surface area (Å²) in [5, 5.41) is 2.10. The molecule has 5 rings (SSSR count). The lowest BCUT2D eigenvalue weighted by Crippen LogP contribution is -2.48. The Hall–Kier alpha value is -2.89. The Labute approximate surface area is 187 Å². The monoisotopic (exact) mass is 429 g/mol. The van der Waals surface area contributed by atoms with Crippen LogP contribution in [0.5, 0.6) is 0 Å². The first-order chi connectivity index (χ1) is 15.2. The smallest absolute Gasteiger partial charge is 0.270 e. The number of piperazine rings is 1. The zero-order valence-electron chi connectivity index (χ0n) is 17.8. The van der Waals surface area contributed by atoms with Crippen LogP contribution < -0.4 is 0 Å². The molecule has 1 aliphatic rings. The van der Waals surface area contributed by atoms with Gasteiger partial charge in [0.05, 0.1) is 10.2 Å². The van der Waals surface area contributed by atoms with Crippen molar-refractivity contribution in [2.24, 2.45) is 0 Å². The first-order valence-corrected chi connectivity index (χ1v) is 11.7. The zero-order valence-corrected chi connectivity index (χ0v) is 18.6. The number of aromatic nitrogens is 1. The summed E-state index contributed by atoms with van der Waals surface area (Å²) in [6, 6.07) is 23.4. The van der Waals surface area contributed by atoms with Crippen LogP contribution in [0.15, 0.2) is 72.1 Å². The van der Waals surface area contributed by atoms with Crippen LogP contribution in [0.1, 0.15) is 27.2 Å². The number of aryl methyl sites for hydroxylation is 1. The van der Waals surface area contributed by atoms with Gasteiger partial charge >= 0.3 is 0 Å². The molecule has 0 unspecified atom stereocenters. The molecule has 4 aromatic rings. The van der Waals surface area contributed by atoms with Gasteiger partial charge in [-0.2, -0.15) is 0 Å². The van der Waals surface area contributed by atoms with Crippen LogP contribution in [0.25, 0.3) is 10.2 Å². The Bertz CT molecular complexity index is 1170. The Morgan fingerprint density at radius 1 is 0.871 bits per heavy atom. The van der Waals surface area contributed by atoms with Crippen LogP contribution in [0, 0.1) is 6.92 Å². The van der Waals surface area contributed by atoms with Crippen molar-refractivity contribution in [2.45, 2.75) is 20.0 Å². The summed E-state index contributed by atoms with van der Waals surface area (Å²) in [5.41, 5.74) is 5.75. The average Bonchev–Trinajstić information content (AvgIpc) is 3.39. The van der Waals surface area contributed by atoms with Gasteiger partial charge < -0.3 is 9.47 Å². The highest BCUT2D eigenvalue weighted by Crippen LogP contribution is 2.27. The van der Waals surface area contributed by atoms with Crippen LogP contribution in [0.2, 0.25) is 0 Å². The molecule has 5 heteroatoms. The maximum Gasteiger partial charge on any atom is 0.270 e. The first-order valence-electron chi connectivity index (χ1n) is 10.9. The Morgan fingerprint density at radius 2 is 1.58 bits per heavy atom. The molecular weight excluding hydrogens is 402 g/mol. The molecule has 0 saturated carbocycles. The van der Waals surface area contributed by atoms with Crippen molar-refractivity contribution in [1.29, 1.82) is 0 Å². The van der Waals surface area contributed by atoms with E-state index in [9.17, 15) is 4.79 Å². The third kappa shape index (κ3) is 4.29. The van der Waals surface area contributed by atoms with E-state index in [0.29, 0.717) is 0 Å². The molecule has 1 amide bonds. The second-order valence-electron chi connectivity index (χ2n) is 8.33. The molecule has 4 nitrogen and oxygen atoms in total. The molecule has 0 radical (unpaired) electrons. The van der Waals surface area contributed by atoms with E-state index in [0.717, 1.165) is 50.5 Å². The number of hydrogen-bond acceptors (Lipinski definition) is 3. The van der Waals surface area contributed by atoms with Crippen molar-refractivity contribution in [3.63, 3.8) is 0 Å². The van der Waals surface area contributed by atoms with Crippen molar-refractivity contribution in [2.75, 3.05) is 26.2 Å². The molecule has 2 aromatic heterocycles. The highest BCUT2D eigenvalue weighted by Gasteiger charge is 2.25. The maximum atomic E-state index is 13.5. The lowest BCUT2D eigenvalue weighted by Gasteiger charge is -2.35. The van der Waals surface area contributed by atoms with Gasteiger partial charge in [0, 0.05) is 39.3 Å². The molecule has 1 fully saturated rings. The molecule has 31 heavy (non-hydrogen) atoms. The van der Waals surface area contributed by atoms with Crippen LogP contribution >= 0.6 is 11.3 Å². The quantitative estimate of drug-likeness (QED) is 0.446. The molecule has 0 atom stereocenters. The summed E-state index contributed by atoms with van der Waals surface area (Å²) >= 11 is 1.70. The number of thiophene rings is 1. The van der Waals surface area contributed by atoms with E-state index in [-0.39, 0.29) is 5.91 Å². The Balaban J connectivity index is 1.32. The molecular formula is C26H27N3OS. The minimum absolute atomic E-state index is 0.148. The van der Waals surface area contributed by atoms with Crippen molar-refractivity contribution in [1.82, 2.24) is 14.4 Å². The molecule has 0 N–H and O–H groups in total. The van der Waals surface area contributed by atoms with Crippen LogP contribution in [-0.4, -0.2) is 46.5 Å². The number of nitrogens with zero attached hydrogens (tertiary/aromatic N) is 3. The third-order valence-electron chi connectivity index (χ3n) is 6.11. The Kier molecular flexibility index (Phi) is 5.62. The van der Waals surface area contributed by atoms with Crippen LogP contribution in [0.3, 0.4) is 0 Å². The third-order valence-corrected chi connectivity index (χ3v) is 6.96. The molecule has 0 aliphatic carbocycles. The molecule has 2 aromatic carbocycles. The summed E-state index contributed by atoms with van der Waals surface area (Å²) in [6.45, 7) is 7.13. The molecule has 0 bridgehead atoms. The largest absolute Gasteiger partial charge is 0.335 e. The predicted octanol–water partition coefficient (Wildman–Crippen LogP) is 5.02. The van der Waals surface area contributed by atoms with Crippen LogP contribution in [0.4, 0.5) is 0 Å². The van der Waals surface area contributed by atoms with E-state index in [2.05, 4.69) is 88.5 Å². The van der Waals surface area contributed by atoms with E-state index in [1.807, 2.05) is 4.90 Å². The second-order valence-corrected chi connectivity index (χ2v) is 9.27. The number of hydrogen-bond donors (Lipinski definition) is 0. The van der Waals surface area contributed by atoms with E-state index in [1.165, 1.54) is 21.4 Å². The number of amides is 1. The lowest BCUT2D eigenvalue weighted by atomic mass is 10.1. The summed E-state index contributed by atoms with van der Waals surface area (Å²) in [4.78, 5) is 17.9. The van der Waals surface area contributed by atoms with Gasteiger partial charge in [-0.25, -0.2) is 0 Å². The SMILES string of the molecule is Cc1ccc(Cn2c(C(=O)N3CCN(Cc4ccccc4)CC3)cc3sccc32)cc1. The minimum atomic E-state index is 0.148. The topological polar surface area (TPSA) is 28.5 Å². The predicted molar refractivity (Wildman–Crippen MR) is 128 cm³/mol. The Morgan fingerprint density at radius 3 is 2.32 bits per heavy atom. The van der Waals surface area contributed by atoms with Crippen molar-refractivity contribution in [3.8, 4) is 0 Å². The van der Waals surface area contributed by atoms with Gasteiger partial charge in [-0.1, -0.05) is 60.2 Å². The van der Waals surface area contributed by atoms with Gasteiger partial charge in [0.15, 0.2) is 0 Å². The van der Waals surface area contributed by atoms with E-state index in [4.69, 9.17) is 0 Å². The van der Waals surface area contributed by atoms with Crippen LogP contribution in [-0.2, 0) is 13.1 Å². The molecule has 1 aliphatic heterocycles. The van der Waals surface area contributed by atoms with Crippen molar-refractivity contribution >= 4 is 27.5 Å². The zero-order chi connectivity index (χ0) is 21.2. The van der Waals surface area contributed by atoms with Gasteiger partial charge in [-0.05, 0) is 35.6 Å². The number of benzene rings is 2. The minimum Gasteiger partial charge on any atom is -0.335 e. The second kappa shape index (κ2) is 8.69. The van der Waals surface area contributed by atoms with Gasteiger partial charge in [0.2, 0.25) is 0 Å². The molecule has 0 spiro atoms. The molecule has 1 saturated heterocycles. The van der Waals surface area contributed by atoms with Gasteiger partial charge in [0.1, 0.15) is 5.69 Å². The maximum absolute atomic E-state index is 13.5. The fourth-order valence-electron chi connectivity index (χ4n) is 4.31. The van der Waals surface area contributed by atoms with Crippen molar-refractivity contribution in [3.05, 3.63) is 94.5 Å². The first kappa shape index (κ1) is 20.0. The fraction of sp³-hybridized carbons (Fsp3) is 0.269. The van der Waals surface area contributed by atoms with Gasteiger partial charge in [-0.15, -0.1) is 11.3 Å². The molecule has 158 valence electrons. The number of carbonyl (C=O) groups is 1. The average molecular weight is 430 g/mol. The molecule has 3 heterocycles. The van der Waals surface area contributed by atoms with E-state index >= 15 is 0 Å². The normalized spacial score (nSPS) is 14.9. The number of rotatable bonds is 5. The summed E-state index contributed by atoms with van der Waals surface area (Å²) in [5.74, 6) is 0.148. The summed E-state index contributed by atoms with van der Waals surface area (Å²) in [6.07, 6.45) is 0. The van der Waals surface area contributed by atoms with E-state index in [1.54, 1.807) is 11.3 Å². The number of fused-ring (bicyclic) bond motifs is 1. The fourth-order valence-corrected chi connectivity index (χ4v) is 5.14. The standard InChI is InChI=1S/C26H27N3OS/c1-20-7-9-22(10-8-20)19-29-23-11-16-31-25(23)17-24(29)26(30)28-14-12-27(13-15-28)18-21-5-3-2-4-6-21/h2-11,16-17H,12-15,18-19H2,1H3. The summed E-state index contributed by atoms with van der Waals surface area (Å²) in [7, 11) is 0. The van der Waals surface area contributed by atoms with Gasteiger partial charge in [-0.3, -0.25) is 9.69 Å². The lowest BCUT2D eigenvalue weighted by molar-refractivity contribution is 0.0619. The van der Waals surface area contributed by atoms with E-state index < -0.39 is 0 Å². The number of carbonyl (C=O) groups excluding carboxylic acids is 1. The highest BCUT2D eigenvalue weighted by atomic mass is 32.1. The highest BCUT2D eigenvalue weighted by molar-refractivity contribution is 7.17. The van der Waals surface area contributed by atoms with Gasteiger partial charge in [0.25, 0.3) is 5.91 Å². The van der Waals surface area contributed by atoms with Crippen molar-refractivity contribution < 1.29 is 4.79 Å².